The summed E-state index contributed by atoms with van der Waals surface area (Å²) >= 11 is 1.37. The molecule has 0 aliphatic heterocycles. The lowest BCUT2D eigenvalue weighted by Crippen LogP contribution is -2.30. The van der Waals surface area contributed by atoms with Crippen molar-refractivity contribution < 1.29 is 33.3 Å². The zero-order chi connectivity index (χ0) is 31.5. The van der Waals surface area contributed by atoms with Crippen LogP contribution in [-0.2, 0) is 4.79 Å². The number of anilines is 1. The smallest absolute Gasteiger partial charge is 0.272 e. The van der Waals surface area contributed by atoms with Crippen molar-refractivity contribution in [2.24, 2.45) is 0 Å². The number of carbonyl (C=O) groups excluding carboxylic acids is 3. The molecule has 44 heavy (non-hydrogen) atoms. The molecular weight excluding hydrogens is 580 g/mol. The standard InChI is InChI=1S/C34H32N2O7S/c1-40-29-16-10-22(19-31(29)42-3)18-27(36-33(38)23-8-6-5-7-9-23)34(39)35-25-12-14-26(15-13-25)44-21-28(37)24-11-17-30(41-2)32(20-24)43-4/h5-20H,21H2,1-4H3,(H,35,39)(H,36,38)/b27-18-. The van der Waals surface area contributed by atoms with E-state index in [0.717, 1.165) is 4.90 Å². The van der Waals surface area contributed by atoms with Gasteiger partial charge in [-0.2, -0.15) is 0 Å². The lowest BCUT2D eigenvalue weighted by molar-refractivity contribution is -0.113. The summed E-state index contributed by atoms with van der Waals surface area (Å²) in [5.41, 5.74) is 2.09. The maximum Gasteiger partial charge on any atom is 0.272 e. The molecule has 4 aromatic rings. The molecule has 2 amide bonds. The molecule has 0 spiro atoms. The average Bonchev–Trinajstić information content (AvgIpc) is 3.07. The van der Waals surface area contributed by atoms with Gasteiger partial charge in [-0.3, -0.25) is 14.4 Å². The Hall–Kier alpha value is -5.22. The molecule has 0 heterocycles. The summed E-state index contributed by atoms with van der Waals surface area (Å²) in [5, 5.41) is 5.55. The quantitative estimate of drug-likeness (QED) is 0.106. The molecule has 0 atom stereocenters. The third-order valence-corrected chi connectivity index (χ3v) is 7.45. The van der Waals surface area contributed by atoms with Crippen LogP contribution in [0, 0.1) is 0 Å². The highest BCUT2D eigenvalue weighted by Crippen LogP contribution is 2.30. The van der Waals surface area contributed by atoms with E-state index in [1.807, 2.05) is 12.1 Å². The monoisotopic (exact) mass is 612 g/mol. The van der Waals surface area contributed by atoms with Crippen LogP contribution in [0.2, 0.25) is 0 Å². The summed E-state index contributed by atoms with van der Waals surface area (Å²) in [6, 6.07) is 25.9. The van der Waals surface area contributed by atoms with E-state index in [2.05, 4.69) is 10.6 Å². The van der Waals surface area contributed by atoms with Crippen LogP contribution >= 0.6 is 11.8 Å². The lowest BCUT2D eigenvalue weighted by Gasteiger charge is -2.13. The van der Waals surface area contributed by atoms with Crippen molar-refractivity contribution >= 4 is 41.1 Å². The fourth-order valence-electron chi connectivity index (χ4n) is 4.13. The van der Waals surface area contributed by atoms with Crippen molar-refractivity contribution in [3.63, 3.8) is 0 Å². The third-order valence-electron chi connectivity index (χ3n) is 6.44. The molecule has 0 aliphatic carbocycles. The van der Waals surface area contributed by atoms with Crippen LogP contribution in [0.3, 0.4) is 0 Å². The third kappa shape index (κ3) is 8.20. The summed E-state index contributed by atoms with van der Waals surface area (Å²) in [5.74, 6) is 1.25. The summed E-state index contributed by atoms with van der Waals surface area (Å²) in [4.78, 5) is 39.9. The fourth-order valence-corrected chi connectivity index (χ4v) is 4.92. The van der Waals surface area contributed by atoms with Crippen LogP contribution in [0.1, 0.15) is 26.3 Å². The van der Waals surface area contributed by atoms with E-state index in [0.29, 0.717) is 45.4 Å². The first-order chi connectivity index (χ1) is 21.3. The molecule has 0 aliphatic rings. The summed E-state index contributed by atoms with van der Waals surface area (Å²) in [6.45, 7) is 0. The van der Waals surface area contributed by atoms with Gasteiger partial charge in [0.15, 0.2) is 28.8 Å². The van der Waals surface area contributed by atoms with Gasteiger partial charge in [-0.1, -0.05) is 24.3 Å². The van der Waals surface area contributed by atoms with Gasteiger partial charge in [0.05, 0.1) is 34.2 Å². The molecule has 9 nitrogen and oxygen atoms in total. The number of Topliss-reactive ketones (excluding diaryl/α,β-unsaturated/α-hetero) is 1. The zero-order valence-electron chi connectivity index (χ0n) is 24.7. The molecule has 10 heteroatoms. The Morgan fingerprint density at radius 2 is 1.30 bits per heavy atom. The lowest BCUT2D eigenvalue weighted by atomic mass is 10.1. The van der Waals surface area contributed by atoms with Gasteiger partial charge in [0, 0.05) is 21.7 Å². The Labute approximate surface area is 260 Å². The first-order valence-electron chi connectivity index (χ1n) is 13.4. The van der Waals surface area contributed by atoms with Crippen LogP contribution in [-0.4, -0.2) is 51.8 Å². The van der Waals surface area contributed by atoms with E-state index in [4.69, 9.17) is 18.9 Å². The highest BCUT2D eigenvalue weighted by atomic mass is 32.2. The molecule has 0 saturated carbocycles. The molecule has 0 radical (unpaired) electrons. The number of carbonyl (C=O) groups is 3. The van der Waals surface area contributed by atoms with Gasteiger partial charge in [0.1, 0.15) is 5.70 Å². The number of hydrogen-bond acceptors (Lipinski definition) is 8. The second-order valence-corrected chi connectivity index (χ2v) is 10.3. The van der Waals surface area contributed by atoms with E-state index < -0.39 is 11.8 Å². The van der Waals surface area contributed by atoms with Crippen LogP contribution < -0.4 is 29.6 Å². The van der Waals surface area contributed by atoms with E-state index in [9.17, 15) is 14.4 Å². The zero-order valence-corrected chi connectivity index (χ0v) is 25.5. The van der Waals surface area contributed by atoms with Gasteiger partial charge in [-0.25, -0.2) is 0 Å². The Bertz CT molecular complexity index is 1650. The molecule has 226 valence electrons. The summed E-state index contributed by atoms with van der Waals surface area (Å²) in [6.07, 6.45) is 1.56. The number of benzene rings is 4. The van der Waals surface area contributed by atoms with Gasteiger partial charge in [0.2, 0.25) is 0 Å². The maximum absolute atomic E-state index is 13.4. The number of ether oxygens (including phenoxy) is 4. The number of hydrogen-bond donors (Lipinski definition) is 2. The van der Waals surface area contributed by atoms with Crippen molar-refractivity contribution in [3.05, 3.63) is 113 Å². The summed E-state index contributed by atoms with van der Waals surface area (Å²) < 4.78 is 21.2. The highest BCUT2D eigenvalue weighted by molar-refractivity contribution is 8.00. The SMILES string of the molecule is COc1ccc(/C=C(\NC(=O)c2ccccc2)C(=O)Nc2ccc(SCC(=O)c3ccc(OC)c(OC)c3)cc2)cc1OC. The minimum Gasteiger partial charge on any atom is -0.493 e. The van der Waals surface area contributed by atoms with E-state index in [1.165, 1.54) is 40.2 Å². The van der Waals surface area contributed by atoms with Crippen molar-refractivity contribution in [1.82, 2.24) is 5.32 Å². The minimum atomic E-state index is -0.520. The maximum atomic E-state index is 13.4. The van der Waals surface area contributed by atoms with Gasteiger partial charge < -0.3 is 29.6 Å². The number of rotatable bonds is 13. The van der Waals surface area contributed by atoms with E-state index in [1.54, 1.807) is 84.9 Å². The molecule has 0 saturated heterocycles. The number of methoxy groups -OCH3 is 4. The van der Waals surface area contributed by atoms with Gasteiger partial charge in [0.25, 0.3) is 11.8 Å². The number of nitrogens with one attached hydrogen (secondary N) is 2. The molecule has 2 N–H and O–H groups in total. The second kappa shape index (κ2) is 15.3. The molecule has 0 bridgehead atoms. The van der Waals surface area contributed by atoms with Crippen molar-refractivity contribution in [2.75, 3.05) is 39.5 Å². The molecule has 0 fully saturated rings. The van der Waals surface area contributed by atoms with E-state index >= 15 is 0 Å². The topological polar surface area (TPSA) is 112 Å². The molecule has 0 aromatic heterocycles. The predicted molar refractivity (Wildman–Crippen MR) is 171 cm³/mol. The normalized spacial score (nSPS) is 10.9. The van der Waals surface area contributed by atoms with Gasteiger partial charge in [-0.05, 0) is 78.4 Å². The highest BCUT2D eigenvalue weighted by Gasteiger charge is 2.16. The largest absolute Gasteiger partial charge is 0.493 e. The molecular formula is C34H32N2O7S. The van der Waals surface area contributed by atoms with Crippen LogP contribution in [0.25, 0.3) is 6.08 Å². The molecule has 4 aromatic carbocycles. The average molecular weight is 613 g/mol. The fraction of sp³-hybridized carbons (Fsp3) is 0.147. The Morgan fingerprint density at radius 1 is 0.682 bits per heavy atom. The first kappa shape index (κ1) is 31.7. The molecule has 0 unspecified atom stereocenters. The van der Waals surface area contributed by atoms with Crippen LogP contribution in [0.4, 0.5) is 5.69 Å². The number of thioether (sulfide) groups is 1. The predicted octanol–water partition coefficient (Wildman–Crippen LogP) is 6.11. The van der Waals surface area contributed by atoms with Gasteiger partial charge >= 0.3 is 0 Å². The Morgan fingerprint density at radius 3 is 1.93 bits per heavy atom. The van der Waals surface area contributed by atoms with Crippen LogP contribution in [0.5, 0.6) is 23.0 Å². The summed E-state index contributed by atoms with van der Waals surface area (Å²) in [7, 11) is 6.11. The second-order valence-electron chi connectivity index (χ2n) is 9.25. The minimum absolute atomic E-state index is 0.0324. The molecule has 4 rings (SSSR count). The van der Waals surface area contributed by atoms with E-state index in [-0.39, 0.29) is 17.2 Å². The Kier molecular flexibility index (Phi) is 11.0. The van der Waals surface area contributed by atoms with Gasteiger partial charge in [-0.15, -0.1) is 11.8 Å². The van der Waals surface area contributed by atoms with Crippen molar-refractivity contribution in [1.29, 1.82) is 0 Å². The first-order valence-corrected chi connectivity index (χ1v) is 14.4. The van der Waals surface area contributed by atoms with Crippen LogP contribution in [0.15, 0.2) is 102 Å². The Balaban J connectivity index is 1.47. The van der Waals surface area contributed by atoms with Crippen molar-refractivity contribution in [3.8, 4) is 23.0 Å². The number of amides is 2. The van der Waals surface area contributed by atoms with Crippen molar-refractivity contribution in [2.45, 2.75) is 4.90 Å². The number of ketones is 1.